The summed E-state index contributed by atoms with van der Waals surface area (Å²) in [4.78, 5) is 24.7. The number of nitrogens with zero attached hydrogens (tertiary/aromatic N) is 7. The summed E-state index contributed by atoms with van der Waals surface area (Å²) in [6.07, 6.45) is -5.22. The molecule has 1 spiro atoms. The highest BCUT2D eigenvalue weighted by Crippen LogP contribution is 2.43. The molecule has 0 atom stereocenters. The topological polar surface area (TPSA) is 72.1 Å². The summed E-state index contributed by atoms with van der Waals surface area (Å²) in [5, 5.41) is 4.29. The molecule has 0 unspecified atom stereocenters. The molecule has 0 amide bonds. The quantitative estimate of drug-likeness (QED) is 0.532. The van der Waals surface area contributed by atoms with Gasteiger partial charge in [0.25, 0.3) is 12.0 Å². The van der Waals surface area contributed by atoms with Gasteiger partial charge in [0.05, 0.1) is 5.69 Å². The molecule has 2 aliphatic rings. The van der Waals surface area contributed by atoms with E-state index in [-0.39, 0.29) is 22.0 Å². The first-order valence-electron chi connectivity index (χ1n) is 10.7. The minimum absolute atomic E-state index is 0.128. The molecule has 182 valence electrons. The van der Waals surface area contributed by atoms with Gasteiger partial charge in [0.2, 0.25) is 5.95 Å². The Bertz CT molecular complexity index is 1310. The van der Waals surface area contributed by atoms with Crippen LogP contribution in [0.25, 0.3) is 11.0 Å². The highest BCUT2D eigenvalue weighted by Gasteiger charge is 2.49. The monoisotopic (exact) mass is 483 g/mol. The summed E-state index contributed by atoms with van der Waals surface area (Å²) < 4.78 is 67.5. The standard InChI is InChI=1S/C21H22F5N7O/c1-12-16-17(33(29-12)8-15(22)23)28-19(30(2)18(16)34)31-6-4-20(9-31)10-32(11-20)13-3-5-27-14(7-13)21(24,25)26/h3,5,7,15H,4,6,8-11H2,1-2H3. The van der Waals surface area contributed by atoms with E-state index in [0.717, 1.165) is 23.4 Å². The molecule has 13 heteroatoms. The molecule has 5 rings (SSSR count). The fourth-order valence-electron chi connectivity index (χ4n) is 4.98. The number of anilines is 2. The van der Waals surface area contributed by atoms with Crippen LogP contribution in [-0.2, 0) is 19.8 Å². The number of alkyl halides is 5. The van der Waals surface area contributed by atoms with Crippen LogP contribution >= 0.6 is 0 Å². The van der Waals surface area contributed by atoms with Crippen molar-refractivity contribution in [2.24, 2.45) is 12.5 Å². The van der Waals surface area contributed by atoms with Crippen molar-refractivity contribution in [2.45, 2.75) is 32.5 Å². The number of pyridine rings is 1. The lowest BCUT2D eigenvalue weighted by Crippen LogP contribution is -2.58. The summed E-state index contributed by atoms with van der Waals surface area (Å²) in [6.45, 7) is 3.19. The first kappa shape index (κ1) is 22.5. The van der Waals surface area contributed by atoms with Gasteiger partial charge < -0.3 is 9.80 Å². The Morgan fingerprint density at radius 1 is 1.18 bits per heavy atom. The zero-order valence-electron chi connectivity index (χ0n) is 18.5. The van der Waals surface area contributed by atoms with E-state index < -0.39 is 24.8 Å². The average Bonchev–Trinajstić information content (AvgIpc) is 3.30. The van der Waals surface area contributed by atoms with E-state index in [0.29, 0.717) is 43.5 Å². The number of hydrogen-bond acceptors (Lipinski definition) is 6. The second kappa shape index (κ2) is 7.64. The molecule has 0 aliphatic carbocycles. The van der Waals surface area contributed by atoms with Crippen LogP contribution in [0.3, 0.4) is 0 Å². The molecular formula is C21H22F5N7O. The smallest absolute Gasteiger partial charge is 0.370 e. The van der Waals surface area contributed by atoms with Crippen LogP contribution in [0.15, 0.2) is 23.1 Å². The third-order valence-corrected chi connectivity index (χ3v) is 6.61. The summed E-state index contributed by atoms with van der Waals surface area (Å²) in [5.41, 5.74) is -0.507. The Hall–Kier alpha value is -3.25. The van der Waals surface area contributed by atoms with Crippen LogP contribution in [0.1, 0.15) is 17.8 Å². The lowest BCUT2D eigenvalue weighted by atomic mass is 9.79. The van der Waals surface area contributed by atoms with Crippen LogP contribution in [0.5, 0.6) is 0 Å². The van der Waals surface area contributed by atoms with Gasteiger partial charge in [-0.3, -0.25) is 14.3 Å². The number of fused-ring (bicyclic) bond motifs is 1. The molecule has 3 aromatic heterocycles. The fraction of sp³-hybridized carbons (Fsp3) is 0.524. The van der Waals surface area contributed by atoms with Crippen molar-refractivity contribution in [3.8, 4) is 0 Å². The van der Waals surface area contributed by atoms with E-state index in [1.54, 1.807) is 20.0 Å². The van der Waals surface area contributed by atoms with Crippen LogP contribution in [0, 0.1) is 12.3 Å². The molecule has 34 heavy (non-hydrogen) atoms. The van der Waals surface area contributed by atoms with Crippen molar-refractivity contribution in [1.82, 2.24) is 24.3 Å². The Kier molecular flexibility index (Phi) is 5.06. The number of halogens is 5. The SMILES string of the molecule is Cc1nn(CC(F)F)c2nc(N3CCC4(CN(c5ccnc(C(F)(F)F)c5)C4)C3)n(C)c(=O)c12. The minimum Gasteiger partial charge on any atom is -0.370 e. The van der Waals surface area contributed by atoms with Gasteiger partial charge in [-0.05, 0) is 25.5 Å². The van der Waals surface area contributed by atoms with E-state index in [2.05, 4.69) is 15.1 Å². The van der Waals surface area contributed by atoms with Gasteiger partial charge in [-0.15, -0.1) is 0 Å². The molecule has 0 aromatic carbocycles. The number of rotatable bonds is 4. The van der Waals surface area contributed by atoms with Crippen LogP contribution in [-0.4, -0.2) is 56.9 Å². The van der Waals surface area contributed by atoms with Crippen molar-refractivity contribution in [1.29, 1.82) is 0 Å². The molecule has 2 fully saturated rings. The van der Waals surface area contributed by atoms with E-state index in [4.69, 9.17) is 0 Å². The van der Waals surface area contributed by atoms with E-state index in [1.165, 1.54) is 4.57 Å². The predicted molar refractivity (Wildman–Crippen MR) is 114 cm³/mol. The van der Waals surface area contributed by atoms with Gasteiger partial charge in [-0.1, -0.05) is 0 Å². The Labute approximate surface area is 190 Å². The van der Waals surface area contributed by atoms with Gasteiger partial charge in [0, 0.05) is 50.5 Å². The van der Waals surface area contributed by atoms with Crippen molar-refractivity contribution in [2.75, 3.05) is 36.0 Å². The molecule has 2 aliphatic heterocycles. The number of aryl methyl sites for hydroxylation is 1. The first-order chi connectivity index (χ1) is 16.0. The Balaban J connectivity index is 1.38. The number of hydrogen-bond donors (Lipinski definition) is 0. The van der Waals surface area contributed by atoms with Crippen molar-refractivity contribution in [3.63, 3.8) is 0 Å². The molecule has 2 saturated heterocycles. The molecule has 0 radical (unpaired) electrons. The van der Waals surface area contributed by atoms with Crippen molar-refractivity contribution < 1.29 is 22.0 Å². The van der Waals surface area contributed by atoms with Crippen LogP contribution in [0.2, 0.25) is 0 Å². The fourth-order valence-corrected chi connectivity index (χ4v) is 4.98. The molecule has 0 bridgehead atoms. The molecule has 0 N–H and O–H groups in total. The lowest BCUT2D eigenvalue weighted by molar-refractivity contribution is -0.141. The molecular weight excluding hydrogens is 461 g/mol. The second-order valence-electron chi connectivity index (χ2n) is 9.06. The normalized spacial score (nSPS) is 17.9. The second-order valence-corrected chi connectivity index (χ2v) is 9.06. The maximum absolute atomic E-state index is 13.0. The van der Waals surface area contributed by atoms with E-state index >= 15 is 0 Å². The molecule has 8 nitrogen and oxygen atoms in total. The molecule has 5 heterocycles. The van der Waals surface area contributed by atoms with Crippen molar-refractivity contribution >= 4 is 22.7 Å². The van der Waals surface area contributed by atoms with E-state index in [9.17, 15) is 26.7 Å². The van der Waals surface area contributed by atoms with Gasteiger partial charge >= 0.3 is 6.18 Å². The highest BCUT2D eigenvalue weighted by atomic mass is 19.4. The third-order valence-electron chi connectivity index (χ3n) is 6.61. The van der Waals surface area contributed by atoms with Gasteiger partial charge in [0.15, 0.2) is 5.65 Å². The van der Waals surface area contributed by atoms with Gasteiger partial charge in [-0.2, -0.15) is 23.3 Å². The van der Waals surface area contributed by atoms with Crippen molar-refractivity contribution in [3.05, 3.63) is 40.1 Å². The first-order valence-corrected chi connectivity index (χ1v) is 10.7. The summed E-state index contributed by atoms with van der Waals surface area (Å²) >= 11 is 0. The van der Waals surface area contributed by atoms with Crippen LogP contribution < -0.4 is 15.4 Å². The van der Waals surface area contributed by atoms with Gasteiger partial charge in [-0.25, -0.2) is 13.5 Å². The van der Waals surface area contributed by atoms with Gasteiger partial charge in [0.1, 0.15) is 17.6 Å². The summed E-state index contributed by atoms with van der Waals surface area (Å²) in [6, 6.07) is 2.60. The highest BCUT2D eigenvalue weighted by molar-refractivity contribution is 5.78. The average molecular weight is 483 g/mol. The Morgan fingerprint density at radius 2 is 1.88 bits per heavy atom. The third kappa shape index (κ3) is 3.66. The zero-order chi connectivity index (χ0) is 24.4. The summed E-state index contributed by atoms with van der Waals surface area (Å²) in [7, 11) is 1.59. The number of aromatic nitrogens is 5. The lowest BCUT2D eigenvalue weighted by Gasteiger charge is -2.49. The maximum Gasteiger partial charge on any atom is 0.433 e. The maximum atomic E-state index is 13.0. The minimum atomic E-state index is -4.51. The van der Waals surface area contributed by atoms with Crippen LogP contribution in [0.4, 0.5) is 33.6 Å². The van der Waals surface area contributed by atoms with E-state index in [1.807, 2.05) is 9.80 Å². The largest absolute Gasteiger partial charge is 0.433 e. The predicted octanol–water partition coefficient (Wildman–Crippen LogP) is 2.83. The zero-order valence-corrected chi connectivity index (χ0v) is 18.5. The molecule has 3 aromatic rings. The Morgan fingerprint density at radius 3 is 2.56 bits per heavy atom. The summed E-state index contributed by atoms with van der Waals surface area (Å²) in [5.74, 6) is 0.367. The molecule has 0 saturated carbocycles.